The van der Waals surface area contributed by atoms with Gasteiger partial charge in [-0.2, -0.15) is 13.2 Å². The zero-order valence-corrected chi connectivity index (χ0v) is 18.2. The number of pyridine rings is 1. The standard InChI is InChI=1S/C20H19F3N2O2S.C2H6/c1-3-14(11-15(4-2)20(21,22)23)8-9-17-16(12-28-13-19(26)27)24-18-7-5-6-10-25(17)18;1-2/h3,5-7,10-11H,4,12-13H2,1-2H3,(H,26,27);1-2H3/b14-3-,15-11+;. The normalized spacial score (nSPS) is 12.1. The van der Waals surface area contributed by atoms with Crippen LogP contribution in [0.3, 0.4) is 0 Å². The number of hydrogen-bond acceptors (Lipinski definition) is 3. The number of halogens is 3. The molecule has 2 heterocycles. The minimum Gasteiger partial charge on any atom is -0.481 e. The van der Waals surface area contributed by atoms with Crippen molar-refractivity contribution in [1.82, 2.24) is 9.38 Å². The molecule has 8 heteroatoms. The van der Waals surface area contributed by atoms with E-state index in [0.717, 1.165) is 6.08 Å². The molecule has 0 saturated carbocycles. The molecular formula is C22H25F3N2O2S. The fourth-order valence-corrected chi connectivity index (χ4v) is 3.08. The molecule has 0 aliphatic rings. The zero-order valence-electron chi connectivity index (χ0n) is 17.4. The topological polar surface area (TPSA) is 54.6 Å². The lowest BCUT2D eigenvalue weighted by Crippen LogP contribution is -2.11. The molecule has 0 fully saturated rings. The summed E-state index contributed by atoms with van der Waals surface area (Å²) in [5, 5.41) is 8.80. The van der Waals surface area contributed by atoms with Crippen molar-refractivity contribution in [1.29, 1.82) is 0 Å². The number of allylic oxidation sites excluding steroid dienone is 4. The summed E-state index contributed by atoms with van der Waals surface area (Å²) < 4.78 is 40.7. The van der Waals surface area contributed by atoms with Crippen molar-refractivity contribution in [2.45, 2.75) is 46.0 Å². The third-order valence-electron chi connectivity index (χ3n) is 3.78. The molecule has 2 rings (SSSR count). The Labute approximate surface area is 178 Å². The van der Waals surface area contributed by atoms with E-state index in [1.807, 2.05) is 19.9 Å². The molecule has 0 aliphatic heterocycles. The molecular weight excluding hydrogens is 413 g/mol. The number of fused-ring (bicyclic) bond motifs is 1. The van der Waals surface area contributed by atoms with Crippen molar-refractivity contribution in [3.05, 3.63) is 59.1 Å². The summed E-state index contributed by atoms with van der Waals surface area (Å²) in [7, 11) is 0. The number of thioether (sulfide) groups is 1. The summed E-state index contributed by atoms with van der Waals surface area (Å²) in [6.07, 6.45) is -0.205. The minimum absolute atomic E-state index is 0.0744. The van der Waals surface area contributed by atoms with Gasteiger partial charge in [-0.15, -0.1) is 11.8 Å². The molecule has 2 aromatic rings. The number of aliphatic carboxylic acids is 1. The Morgan fingerprint density at radius 1 is 1.33 bits per heavy atom. The van der Waals surface area contributed by atoms with E-state index in [1.165, 1.54) is 24.8 Å². The number of imidazole rings is 1. The summed E-state index contributed by atoms with van der Waals surface area (Å²) in [5.41, 5.74) is 1.37. The molecule has 0 aromatic carbocycles. The quantitative estimate of drug-likeness (QED) is 0.452. The first-order valence-corrected chi connectivity index (χ1v) is 10.6. The Kier molecular flexibility index (Phi) is 10.3. The Balaban J connectivity index is 0.00000218. The average Bonchev–Trinajstić information content (AvgIpc) is 3.06. The van der Waals surface area contributed by atoms with Crippen LogP contribution in [-0.2, 0) is 10.5 Å². The lowest BCUT2D eigenvalue weighted by atomic mass is 10.1. The lowest BCUT2D eigenvalue weighted by Gasteiger charge is -2.08. The molecule has 1 N–H and O–H groups in total. The number of aromatic nitrogens is 2. The summed E-state index contributed by atoms with van der Waals surface area (Å²) in [6, 6.07) is 5.39. The van der Waals surface area contributed by atoms with Gasteiger partial charge in [0.1, 0.15) is 11.3 Å². The van der Waals surface area contributed by atoms with Crippen molar-refractivity contribution < 1.29 is 23.1 Å². The molecule has 0 amide bonds. The van der Waals surface area contributed by atoms with Gasteiger partial charge >= 0.3 is 12.1 Å². The summed E-state index contributed by atoms with van der Waals surface area (Å²) in [4.78, 5) is 15.2. The van der Waals surface area contributed by atoms with E-state index in [9.17, 15) is 18.0 Å². The Morgan fingerprint density at radius 3 is 2.60 bits per heavy atom. The van der Waals surface area contributed by atoms with Gasteiger partial charge in [-0.25, -0.2) is 4.98 Å². The molecule has 0 atom stereocenters. The predicted molar refractivity (Wildman–Crippen MR) is 115 cm³/mol. The first-order valence-electron chi connectivity index (χ1n) is 9.47. The molecule has 0 radical (unpaired) electrons. The van der Waals surface area contributed by atoms with Crippen LogP contribution in [-0.4, -0.2) is 32.4 Å². The van der Waals surface area contributed by atoms with Crippen LogP contribution in [0.2, 0.25) is 0 Å². The number of hydrogen-bond donors (Lipinski definition) is 1. The van der Waals surface area contributed by atoms with Gasteiger partial charge in [0.2, 0.25) is 0 Å². The number of nitrogens with zero attached hydrogens (tertiary/aromatic N) is 2. The average molecular weight is 439 g/mol. The van der Waals surface area contributed by atoms with Gasteiger partial charge in [0.15, 0.2) is 0 Å². The third kappa shape index (κ3) is 7.30. The van der Waals surface area contributed by atoms with Gasteiger partial charge in [-0.05, 0) is 37.5 Å². The number of carboxylic acid groups (broad SMARTS) is 1. The van der Waals surface area contributed by atoms with E-state index in [1.54, 1.807) is 29.7 Å². The van der Waals surface area contributed by atoms with E-state index in [-0.39, 0.29) is 17.7 Å². The Bertz CT molecular complexity index is 980. The molecule has 0 saturated heterocycles. The maximum Gasteiger partial charge on any atom is 0.412 e. The molecule has 162 valence electrons. The second kappa shape index (κ2) is 12.1. The van der Waals surface area contributed by atoms with E-state index in [2.05, 4.69) is 16.8 Å². The van der Waals surface area contributed by atoms with E-state index >= 15 is 0 Å². The van der Waals surface area contributed by atoms with Crippen LogP contribution in [0, 0.1) is 11.8 Å². The summed E-state index contributed by atoms with van der Waals surface area (Å²) in [5.74, 6) is 5.04. The summed E-state index contributed by atoms with van der Waals surface area (Å²) >= 11 is 1.18. The molecule has 0 unspecified atom stereocenters. The monoisotopic (exact) mass is 438 g/mol. The van der Waals surface area contributed by atoms with E-state index in [4.69, 9.17) is 5.11 Å². The van der Waals surface area contributed by atoms with Crippen LogP contribution in [0.4, 0.5) is 13.2 Å². The highest BCUT2D eigenvalue weighted by Gasteiger charge is 2.31. The Morgan fingerprint density at radius 2 is 2.03 bits per heavy atom. The van der Waals surface area contributed by atoms with Crippen LogP contribution in [0.1, 0.15) is 45.5 Å². The maximum absolute atomic E-state index is 13.0. The third-order valence-corrected chi connectivity index (χ3v) is 4.71. The zero-order chi connectivity index (χ0) is 22.7. The molecule has 0 spiro atoms. The van der Waals surface area contributed by atoms with Crippen LogP contribution in [0.25, 0.3) is 5.65 Å². The highest BCUT2D eigenvalue weighted by molar-refractivity contribution is 7.99. The predicted octanol–water partition coefficient (Wildman–Crippen LogP) is 5.87. The number of alkyl halides is 3. The number of rotatable bonds is 6. The van der Waals surface area contributed by atoms with Crippen LogP contribution < -0.4 is 0 Å². The van der Waals surface area contributed by atoms with Gasteiger partial charge in [0.25, 0.3) is 0 Å². The van der Waals surface area contributed by atoms with Crippen molar-refractivity contribution >= 4 is 23.4 Å². The van der Waals surface area contributed by atoms with Crippen molar-refractivity contribution in [2.24, 2.45) is 0 Å². The first kappa shape index (κ1) is 25.4. The van der Waals surface area contributed by atoms with Crippen LogP contribution in [0.15, 0.2) is 47.7 Å². The molecule has 0 aliphatic carbocycles. The molecule has 2 aromatic heterocycles. The second-order valence-electron chi connectivity index (χ2n) is 5.74. The van der Waals surface area contributed by atoms with Crippen molar-refractivity contribution in [3.8, 4) is 11.8 Å². The summed E-state index contributed by atoms with van der Waals surface area (Å²) in [6.45, 7) is 7.07. The van der Waals surface area contributed by atoms with E-state index < -0.39 is 17.7 Å². The lowest BCUT2D eigenvalue weighted by molar-refractivity contribution is -0.133. The van der Waals surface area contributed by atoms with Gasteiger partial charge in [-0.1, -0.05) is 38.8 Å². The van der Waals surface area contributed by atoms with Gasteiger partial charge < -0.3 is 5.11 Å². The molecule has 4 nitrogen and oxygen atoms in total. The fourth-order valence-electron chi connectivity index (χ4n) is 2.41. The van der Waals surface area contributed by atoms with Gasteiger partial charge in [0.05, 0.1) is 11.4 Å². The number of carbonyl (C=O) groups is 1. The molecule has 0 bridgehead atoms. The van der Waals surface area contributed by atoms with Crippen molar-refractivity contribution in [3.63, 3.8) is 0 Å². The van der Waals surface area contributed by atoms with Gasteiger partial charge in [-0.3, -0.25) is 9.20 Å². The number of carboxylic acids is 1. The first-order chi connectivity index (χ1) is 14.3. The fraction of sp³-hybridized carbons (Fsp3) is 0.364. The highest BCUT2D eigenvalue weighted by Crippen LogP contribution is 2.29. The Hall–Kier alpha value is -2.66. The van der Waals surface area contributed by atoms with Gasteiger partial charge in [0, 0.05) is 23.1 Å². The van der Waals surface area contributed by atoms with E-state index in [0.29, 0.717) is 22.8 Å². The SMILES string of the molecule is C/C=C(C#Cc1c(CSCC(=O)O)nc2ccccn12)\C=C(/CC)C(F)(F)F.CC. The maximum atomic E-state index is 13.0. The van der Waals surface area contributed by atoms with Crippen LogP contribution >= 0.6 is 11.8 Å². The largest absolute Gasteiger partial charge is 0.481 e. The van der Waals surface area contributed by atoms with Crippen LogP contribution in [0.5, 0.6) is 0 Å². The minimum atomic E-state index is -4.40. The molecule has 30 heavy (non-hydrogen) atoms. The highest BCUT2D eigenvalue weighted by atomic mass is 32.2. The van der Waals surface area contributed by atoms with Crippen molar-refractivity contribution in [2.75, 3.05) is 5.75 Å². The second-order valence-corrected chi connectivity index (χ2v) is 6.72. The smallest absolute Gasteiger partial charge is 0.412 e.